The zero-order valence-electron chi connectivity index (χ0n) is 14.4. The number of sulfonamides is 1. The van der Waals surface area contributed by atoms with E-state index in [-0.39, 0.29) is 16.8 Å². The molecule has 3 rings (SSSR count). The summed E-state index contributed by atoms with van der Waals surface area (Å²) in [5, 5.41) is 3.18. The van der Waals surface area contributed by atoms with Crippen LogP contribution in [0.1, 0.15) is 12.5 Å². The Labute approximate surface area is 162 Å². The smallest absolute Gasteiger partial charge is 0.264 e. The van der Waals surface area contributed by atoms with Gasteiger partial charge >= 0.3 is 0 Å². The molecule has 2 N–H and O–H groups in total. The highest BCUT2D eigenvalue weighted by molar-refractivity contribution is 7.92. The molecule has 9 heteroatoms. The molecule has 140 valence electrons. The highest BCUT2D eigenvalue weighted by Gasteiger charge is 2.17. The van der Waals surface area contributed by atoms with E-state index in [1.807, 2.05) is 18.2 Å². The van der Waals surface area contributed by atoms with Gasteiger partial charge in [-0.15, -0.1) is 0 Å². The molecule has 0 radical (unpaired) electrons. The van der Waals surface area contributed by atoms with Crippen molar-refractivity contribution in [1.82, 2.24) is 9.55 Å². The van der Waals surface area contributed by atoms with Gasteiger partial charge in [0.25, 0.3) is 10.0 Å². The zero-order chi connectivity index (χ0) is 19.4. The molecule has 1 heterocycles. The van der Waals surface area contributed by atoms with Crippen LogP contribution in [0.3, 0.4) is 0 Å². The van der Waals surface area contributed by atoms with E-state index < -0.39 is 10.0 Å². The van der Waals surface area contributed by atoms with Gasteiger partial charge in [-0.25, -0.2) is 18.1 Å². The quantitative estimate of drug-likeness (QED) is 0.658. The van der Waals surface area contributed by atoms with Gasteiger partial charge in [0.05, 0.1) is 11.4 Å². The van der Waals surface area contributed by atoms with E-state index in [9.17, 15) is 13.2 Å². The van der Waals surface area contributed by atoms with Gasteiger partial charge in [0.2, 0.25) is 11.9 Å². The third-order valence-corrected chi connectivity index (χ3v) is 5.44. The molecule has 2 aromatic carbocycles. The maximum Gasteiger partial charge on any atom is 0.264 e. The lowest BCUT2D eigenvalue weighted by Gasteiger charge is -2.12. The number of benzene rings is 2. The number of nitrogens with one attached hydrogen (secondary N) is 2. The fourth-order valence-corrected chi connectivity index (χ4v) is 3.67. The number of nitrogens with zero attached hydrogens (tertiary/aromatic N) is 2. The van der Waals surface area contributed by atoms with Crippen LogP contribution in [0.2, 0.25) is 5.02 Å². The lowest BCUT2D eigenvalue weighted by atomic mass is 10.2. The van der Waals surface area contributed by atoms with Crippen molar-refractivity contribution in [2.24, 2.45) is 0 Å². The van der Waals surface area contributed by atoms with Crippen molar-refractivity contribution >= 4 is 39.2 Å². The molecule has 7 nitrogen and oxygen atoms in total. The molecular formula is C18H17ClN4O3S. The van der Waals surface area contributed by atoms with E-state index in [1.54, 1.807) is 16.8 Å². The molecule has 0 aliphatic heterocycles. The van der Waals surface area contributed by atoms with Crippen LogP contribution in [0.25, 0.3) is 0 Å². The number of halogens is 1. The third kappa shape index (κ3) is 4.66. The van der Waals surface area contributed by atoms with E-state index in [0.717, 1.165) is 5.56 Å². The van der Waals surface area contributed by atoms with E-state index in [0.29, 0.717) is 17.3 Å². The summed E-state index contributed by atoms with van der Waals surface area (Å²) in [4.78, 5) is 15.2. The van der Waals surface area contributed by atoms with E-state index in [1.165, 1.54) is 37.4 Å². The largest absolute Gasteiger partial charge is 0.326 e. The summed E-state index contributed by atoms with van der Waals surface area (Å²) in [6.45, 7) is 1.75. The van der Waals surface area contributed by atoms with Gasteiger partial charge in [-0.05, 0) is 35.9 Å². The Bertz CT molecular complexity index is 1060. The van der Waals surface area contributed by atoms with Crippen LogP contribution in [0.4, 0.5) is 11.6 Å². The van der Waals surface area contributed by atoms with E-state index in [2.05, 4.69) is 15.0 Å². The van der Waals surface area contributed by atoms with Gasteiger partial charge in [0.15, 0.2) is 0 Å². The Kier molecular flexibility index (Phi) is 5.48. The SMILES string of the molecule is CC(=O)Nc1ccc(S(=O)(=O)Nc2nccn2Cc2ccccc2Cl)cc1. The number of hydrogen-bond acceptors (Lipinski definition) is 4. The monoisotopic (exact) mass is 404 g/mol. The molecule has 3 aromatic rings. The number of rotatable bonds is 6. The predicted molar refractivity (Wildman–Crippen MR) is 104 cm³/mol. The van der Waals surface area contributed by atoms with Gasteiger partial charge < -0.3 is 9.88 Å². The van der Waals surface area contributed by atoms with E-state index in [4.69, 9.17) is 11.6 Å². The Hall–Kier alpha value is -2.84. The Balaban J connectivity index is 1.80. The molecule has 0 aliphatic rings. The van der Waals surface area contributed by atoms with Gasteiger partial charge in [-0.1, -0.05) is 29.8 Å². The first-order valence-corrected chi connectivity index (χ1v) is 9.86. The Morgan fingerprint density at radius 1 is 1.15 bits per heavy atom. The number of aromatic nitrogens is 2. The minimum atomic E-state index is -3.83. The lowest BCUT2D eigenvalue weighted by Crippen LogP contribution is -2.17. The maximum absolute atomic E-state index is 12.6. The zero-order valence-corrected chi connectivity index (χ0v) is 16.0. The topological polar surface area (TPSA) is 93.1 Å². The van der Waals surface area contributed by atoms with Crippen molar-refractivity contribution in [3.8, 4) is 0 Å². The maximum atomic E-state index is 12.6. The fraction of sp³-hybridized carbons (Fsp3) is 0.111. The van der Waals surface area contributed by atoms with Crippen molar-refractivity contribution in [2.75, 3.05) is 10.0 Å². The molecule has 0 spiro atoms. The first-order valence-electron chi connectivity index (χ1n) is 8.00. The minimum absolute atomic E-state index is 0.0592. The molecule has 0 fully saturated rings. The molecule has 0 bridgehead atoms. The summed E-state index contributed by atoms with van der Waals surface area (Å²) >= 11 is 6.17. The number of carbonyl (C=O) groups excluding carboxylic acids is 1. The van der Waals surface area contributed by atoms with Crippen molar-refractivity contribution in [3.63, 3.8) is 0 Å². The second-order valence-electron chi connectivity index (χ2n) is 5.78. The summed E-state index contributed by atoms with van der Waals surface area (Å²) in [7, 11) is -3.83. The Morgan fingerprint density at radius 3 is 2.52 bits per heavy atom. The van der Waals surface area contributed by atoms with Crippen LogP contribution in [0.5, 0.6) is 0 Å². The normalized spacial score (nSPS) is 11.2. The molecule has 27 heavy (non-hydrogen) atoms. The summed E-state index contributed by atoms with van der Waals surface area (Å²) < 4.78 is 29.4. The number of amides is 1. The standard InChI is InChI=1S/C18H17ClN4O3S/c1-13(24)21-15-6-8-16(9-7-15)27(25,26)22-18-20-10-11-23(18)12-14-4-2-3-5-17(14)19/h2-11H,12H2,1H3,(H,20,22)(H,21,24). The molecule has 0 atom stereocenters. The van der Waals surface area contributed by atoms with Gasteiger partial charge in [0, 0.05) is 30.0 Å². The molecule has 1 amide bonds. The molecule has 0 unspecified atom stereocenters. The molecule has 0 saturated heterocycles. The minimum Gasteiger partial charge on any atom is -0.326 e. The predicted octanol–water partition coefficient (Wildman–Crippen LogP) is 3.34. The number of imidazole rings is 1. The van der Waals surface area contributed by atoms with Crippen LogP contribution in [0.15, 0.2) is 65.8 Å². The summed E-state index contributed by atoms with van der Waals surface area (Å²) in [6, 6.07) is 13.2. The van der Waals surface area contributed by atoms with Crippen LogP contribution < -0.4 is 10.0 Å². The van der Waals surface area contributed by atoms with Crippen molar-refractivity contribution < 1.29 is 13.2 Å². The average molecular weight is 405 g/mol. The molecule has 1 aromatic heterocycles. The van der Waals surface area contributed by atoms with Crippen LogP contribution >= 0.6 is 11.6 Å². The number of hydrogen-bond donors (Lipinski definition) is 2. The molecule has 0 aliphatic carbocycles. The third-order valence-electron chi connectivity index (χ3n) is 3.72. The van der Waals surface area contributed by atoms with E-state index >= 15 is 0 Å². The highest BCUT2D eigenvalue weighted by Crippen LogP contribution is 2.20. The van der Waals surface area contributed by atoms with Crippen molar-refractivity contribution in [3.05, 3.63) is 71.5 Å². The highest BCUT2D eigenvalue weighted by atomic mass is 35.5. The van der Waals surface area contributed by atoms with Crippen molar-refractivity contribution in [1.29, 1.82) is 0 Å². The number of anilines is 2. The summed E-state index contributed by atoms with van der Waals surface area (Å²) in [5.74, 6) is -0.0498. The summed E-state index contributed by atoms with van der Waals surface area (Å²) in [5.41, 5.74) is 1.36. The van der Waals surface area contributed by atoms with Crippen LogP contribution in [-0.4, -0.2) is 23.9 Å². The summed E-state index contributed by atoms with van der Waals surface area (Å²) in [6.07, 6.45) is 3.18. The van der Waals surface area contributed by atoms with Gasteiger partial charge in [-0.3, -0.25) is 4.79 Å². The average Bonchev–Trinajstić information content (AvgIpc) is 3.03. The lowest BCUT2D eigenvalue weighted by molar-refractivity contribution is -0.114. The van der Waals surface area contributed by atoms with Gasteiger partial charge in [-0.2, -0.15) is 0 Å². The molecule has 0 saturated carbocycles. The second kappa shape index (κ2) is 7.81. The Morgan fingerprint density at radius 2 is 1.85 bits per heavy atom. The molecular weight excluding hydrogens is 388 g/mol. The van der Waals surface area contributed by atoms with Crippen molar-refractivity contribution in [2.45, 2.75) is 18.4 Å². The first-order chi connectivity index (χ1) is 12.8. The van der Waals surface area contributed by atoms with Crippen LogP contribution in [-0.2, 0) is 21.4 Å². The number of carbonyl (C=O) groups is 1. The fourth-order valence-electron chi connectivity index (χ4n) is 2.45. The first kappa shape index (κ1) is 18.9. The van der Waals surface area contributed by atoms with Crippen LogP contribution in [0, 0.1) is 0 Å². The second-order valence-corrected chi connectivity index (χ2v) is 7.87. The van der Waals surface area contributed by atoms with Gasteiger partial charge in [0.1, 0.15) is 0 Å².